The third kappa shape index (κ3) is 5.73. The van der Waals surface area contributed by atoms with Gasteiger partial charge >= 0.3 is 6.18 Å². The first-order valence-corrected chi connectivity index (χ1v) is 10.7. The van der Waals surface area contributed by atoms with Gasteiger partial charge in [-0.2, -0.15) is 18.2 Å². The van der Waals surface area contributed by atoms with Crippen LogP contribution in [0.3, 0.4) is 0 Å². The lowest BCUT2D eigenvalue weighted by atomic mass is 10.1. The number of halogens is 4. The molecule has 0 radical (unpaired) electrons. The largest absolute Gasteiger partial charge is 0.457 e. The highest BCUT2D eigenvalue weighted by Crippen LogP contribution is 2.27. The Morgan fingerprint density at radius 3 is 2.26 bits per heavy atom. The first-order chi connectivity index (χ1) is 16.6. The van der Waals surface area contributed by atoms with Crippen molar-refractivity contribution in [2.75, 3.05) is 0 Å². The number of aromatic nitrogens is 4. The van der Waals surface area contributed by atoms with Crippen LogP contribution in [0.5, 0.6) is 11.5 Å². The molecule has 4 rings (SSSR count). The molecule has 0 saturated carbocycles. The molecule has 0 spiro atoms. The lowest BCUT2D eigenvalue weighted by Crippen LogP contribution is -2.23. The van der Waals surface area contributed by atoms with E-state index in [4.69, 9.17) is 4.74 Å². The molecule has 1 amide bonds. The Morgan fingerprint density at radius 1 is 1.00 bits per heavy atom. The number of hydrogen-bond acceptors (Lipinski definition) is 5. The minimum Gasteiger partial charge on any atom is -0.457 e. The Morgan fingerprint density at radius 2 is 1.63 bits per heavy atom. The minimum atomic E-state index is -4.67. The van der Waals surface area contributed by atoms with Crippen LogP contribution in [0.1, 0.15) is 34.8 Å². The maximum Gasteiger partial charge on any atom is 0.453 e. The van der Waals surface area contributed by atoms with Crippen molar-refractivity contribution in [3.63, 3.8) is 0 Å². The zero-order valence-corrected chi connectivity index (χ0v) is 18.9. The van der Waals surface area contributed by atoms with Crippen molar-refractivity contribution in [2.45, 2.75) is 39.4 Å². The summed E-state index contributed by atoms with van der Waals surface area (Å²) in [5, 5.41) is 6.34. The molecule has 0 aliphatic heterocycles. The van der Waals surface area contributed by atoms with Gasteiger partial charge in [0.2, 0.25) is 5.91 Å². The molecule has 182 valence electrons. The van der Waals surface area contributed by atoms with Gasteiger partial charge in [0.25, 0.3) is 11.6 Å². The van der Waals surface area contributed by atoms with Crippen molar-refractivity contribution in [3.8, 4) is 11.5 Å². The summed E-state index contributed by atoms with van der Waals surface area (Å²) in [5.74, 6) is -0.873. The molecule has 2 aromatic carbocycles. The number of carbonyl (C=O) groups is 1. The number of nitrogens with one attached hydrogen (secondary N) is 1. The number of amides is 1. The molecule has 35 heavy (non-hydrogen) atoms. The minimum absolute atomic E-state index is 0.126. The van der Waals surface area contributed by atoms with Crippen molar-refractivity contribution in [1.82, 2.24) is 24.9 Å². The van der Waals surface area contributed by atoms with Crippen molar-refractivity contribution >= 4 is 11.7 Å². The van der Waals surface area contributed by atoms with Crippen LogP contribution in [0.4, 0.5) is 17.6 Å². The SMILES string of the molecule is Cc1nc2nc(C(F)(F)F)nn2c(C)c1CCC(=O)NCc1ccc(Oc2ccc(F)cc2)cc1. The van der Waals surface area contributed by atoms with Gasteiger partial charge in [-0.25, -0.2) is 13.9 Å². The number of aryl methyl sites for hydroxylation is 2. The first-order valence-electron chi connectivity index (χ1n) is 10.7. The zero-order valence-electron chi connectivity index (χ0n) is 18.9. The molecule has 0 fully saturated rings. The predicted molar refractivity (Wildman–Crippen MR) is 118 cm³/mol. The Hall–Kier alpha value is -4.02. The monoisotopic (exact) mass is 487 g/mol. The Labute approximate surface area is 197 Å². The molecular formula is C24H21F4N5O2. The maximum atomic E-state index is 13.0. The summed E-state index contributed by atoms with van der Waals surface area (Å²) in [6, 6.07) is 12.8. The fourth-order valence-corrected chi connectivity index (χ4v) is 3.53. The average molecular weight is 487 g/mol. The van der Waals surface area contributed by atoms with Crippen LogP contribution >= 0.6 is 0 Å². The summed E-state index contributed by atoms with van der Waals surface area (Å²) in [6.45, 7) is 3.58. The molecular weight excluding hydrogens is 466 g/mol. The third-order valence-corrected chi connectivity index (χ3v) is 5.37. The molecule has 2 heterocycles. The van der Waals surface area contributed by atoms with Gasteiger partial charge in [-0.1, -0.05) is 12.1 Å². The van der Waals surface area contributed by atoms with Gasteiger partial charge < -0.3 is 10.1 Å². The second kappa shape index (κ2) is 9.69. The van der Waals surface area contributed by atoms with Gasteiger partial charge in [0.15, 0.2) is 0 Å². The molecule has 2 aromatic heterocycles. The molecule has 4 aromatic rings. The smallest absolute Gasteiger partial charge is 0.453 e. The van der Waals surface area contributed by atoms with Crippen LogP contribution in [0.15, 0.2) is 48.5 Å². The van der Waals surface area contributed by atoms with Crippen LogP contribution in [0.2, 0.25) is 0 Å². The quantitative estimate of drug-likeness (QED) is 0.374. The van der Waals surface area contributed by atoms with E-state index in [0.29, 0.717) is 35.0 Å². The van der Waals surface area contributed by atoms with Crippen molar-refractivity contribution < 1.29 is 27.1 Å². The number of carbonyl (C=O) groups excluding carboxylic acids is 1. The number of alkyl halides is 3. The van der Waals surface area contributed by atoms with E-state index < -0.39 is 12.0 Å². The lowest BCUT2D eigenvalue weighted by molar-refractivity contribution is -0.144. The topological polar surface area (TPSA) is 81.4 Å². The number of hydrogen-bond donors (Lipinski definition) is 1. The second-order valence-electron chi connectivity index (χ2n) is 7.88. The molecule has 7 nitrogen and oxygen atoms in total. The number of rotatable bonds is 7. The average Bonchev–Trinajstić information content (AvgIpc) is 3.25. The molecule has 0 aliphatic carbocycles. The van der Waals surface area contributed by atoms with Crippen molar-refractivity contribution in [2.24, 2.45) is 0 Å². The van der Waals surface area contributed by atoms with Crippen LogP contribution in [0, 0.1) is 19.7 Å². The number of fused-ring (bicyclic) bond motifs is 1. The van der Waals surface area contributed by atoms with Gasteiger partial charge in [-0.05, 0) is 67.8 Å². The van der Waals surface area contributed by atoms with E-state index in [1.165, 1.54) is 24.3 Å². The van der Waals surface area contributed by atoms with Crippen molar-refractivity contribution in [3.05, 3.63) is 82.7 Å². The molecule has 0 atom stereocenters. The predicted octanol–water partition coefficient (Wildman–Crippen LogP) is 4.94. The maximum absolute atomic E-state index is 13.0. The van der Waals surface area contributed by atoms with Gasteiger partial charge in [-0.3, -0.25) is 4.79 Å². The Balaban J connectivity index is 1.33. The highest BCUT2D eigenvalue weighted by Gasteiger charge is 2.37. The fourth-order valence-electron chi connectivity index (χ4n) is 3.53. The highest BCUT2D eigenvalue weighted by molar-refractivity contribution is 5.76. The Kier molecular flexibility index (Phi) is 6.68. The summed E-state index contributed by atoms with van der Waals surface area (Å²) < 4.78 is 58.5. The summed E-state index contributed by atoms with van der Waals surface area (Å²) >= 11 is 0. The summed E-state index contributed by atoms with van der Waals surface area (Å²) in [4.78, 5) is 19.9. The molecule has 0 unspecified atom stereocenters. The normalized spacial score (nSPS) is 11.6. The Bertz CT molecular complexity index is 1350. The van der Waals surface area contributed by atoms with Gasteiger partial charge in [-0.15, -0.1) is 5.10 Å². The molecule has 0 bridgehead atoms. The number of nitrogens with zero attached hydrogens (tertiary/aromatic N) is 4. The van der Waals surface area contributed by atoms with Gasteiger partial charge in [0.05, 0.1) is 0 Å². The van der Waals surface area contributed by atoms with Crippen molar-refractivity contribution in [1.29, 1.82) is 0 Å². The van der Waals surface area contributed by atoms with Gasteiger partial charge in [0.1, 0.15) is 17.3 Å². The molecule has 11 heteroatoms. The first kappa shape index (κ1) is 24.1. The van der Waals surface area contributed by atoms with Crippen LogP contribution < -0.4 is 10.1 Å². The number of benzene rings is 2. The van der Waals surface area contributed by atoms with Crippen LogP contribution in [0.25, 0.3) is 5.78 Å². The summed E-state index contributed by atoms with van der Waals surface area (Å²) in [7, 11) is 0. The zero-order chi connectivity index (χ0) is 25.2. The van der Waals surface area contributed by atoms with E-state index in [2.05, 4.69) is 20.4 Å². The standard InChI is InChI=1S/C24H21F4N5O2/c1-14-20(15(2)33-23(30-14)31-22(32-33)24(26,27)28)11-12-21(34)29-13-16-3-7-18(8-4-16)35-19-9-5-17(25)6-10-19/h3-10H,11-13H2,1-2H3,(H,29,34). The van der Waals surface area contributed by atoms with Crippen LogP contribution in [-0.4, -0.2) is 25.5 Å². The number of ether oxygens (including phenoxy) is 1. The third-order valence-electron chi connectivity index (χ3n) is 5.37. The summed E-state index contributed by atoms with van der Waals surface area (Å²) in [5.41, 5.74) is 2.46. The van der Waals surface area contributed by atoms with E-state index in [-0.39, 0.29) is 30.3 Å². The highest BCUT2D eigenvalue weighted by atomic mass is 19.4. The molecule has 1 N–H and O–H groups in total. The molecule has 0 saturated heterocycles. The second-order valence-corrected chi connectivity index (χ2v) is 7.88. The van der Waals surface area contributed by atoms with E-state index in [1.54, 1.807) is 38.1 Å². The fraction of sp³-hybridized carbons (Fsp3) is 0.250. The van der Waals surface area contributed by atoms with E-state index in [9.17, 15) is 22.4 Å². The molecule has 0 aliphatic rings. The van der Waals surface area contributed by atoms with E-state index in [1.807, 2.05) is 0 Å². The van der Waals surface area contributed by atoms with E-state index in [0.717, 1.165) is 10.1 Å². The van der Waals surface area contributed by atoms with E-state index >= 15 is 0 Å². The van der Waals surface area contributed by atoms with Gasteiger partial charge in [0, 0.05) is 24.4 Å². The summed E-state index contributed by atoms with van der Waals surface area (Å²) in [6.07, 6.45) is -4.25. The van der Waals surface area contributed by atoms with Crippen LogP contribution in [-0.2, 0) is 23.9 Å². The lowest BCUT2D eigenvalue weighted by Gasteiger charge is -2.11.